The van der Waals surface area contributed by atoms with Gasteiger partial charge in [0, 0.05) is 32.7 Å². The van der Waals surface area contributed by atoms with Crippen LogP contribution in [0.4, 0.5) is 5.69 Å². The smallest absolute Gasteiger partial charge is 0.286 e. The van der Waals surface area contributed by atoms with Crippen LogP contribution < -0.4 is 10.6 Å². The van der Waals surface area contributed by atoms with E-state index in [0.717, 1.165) is 15.4 Å². The maximum Gasteiger partial charge on any atom is 0.286 e. The van der Waals surface area contributed by atoms with Crippen LogP contribution in [0.25, 0.3) is 0 Å². The van der Waals surface area contributed by atoms with Crippen LogP contribution in [0, 0.1) is 13.8 Å². The highest BCUT2D eigenvalue weighted by molar-refractivity contribution is 7.89. The van der Waals surface area contributed by atoms with Gasteiger partial charge in [-0.15, -0.1) is 0 Å². The summed E-state index contributed by atoms with van der Waals surface area (Å²) in [6, 6.07) is 6.14. The average molecular weight is 393 g/mol. The highest BCUT2D eigenvalue weighted by Gasteiger charge is 2.20. The molecule has 2 amide bonds. The van der Waals surface area contributed by atoms with Crippen LogP contribution in [0.15, 0.2) is 39.8 Å². The minimum absolute atomic E-state index is 0.0373. The van der Waals surface area contributed by atoms with Gasteiger partial charge in [-0.25, -0.2) is 12.7 Å². The van der Waals surface area contributed by atoms with Gasteiger partial charge in [0.2, 0.25) is 15.9 Å². The monoisotopic (exact) mass is 393 g/mol. The number of hydrogen-bond acceptors (Lipinski definition) is 5. The lowest BCUT2D eigenvalue weighted by atomic mass is 10.1. The molecule has 2 N–H and O–H groups in total. The second-order valence-electron chi connectivity index (χ2n) is 6.23. The summed E-state index contributed by atoms with van der Waals surface area (Å²) in [6.45, 7) is 3.71. The van der Waals surface area contributed by atoms with Gasteiger partial charge in [-0.2, -0.15) is 0 Å². The molecule has 0 atom stereocenters. The van der Waals surface area contributed by atoms with Gasteiger partial charge in [0.1, 0.15) is 0 Å². The van der Waals surface area contributed by atoms with Crippen molar-refractivity contribution in [2.45, 2.75) is 25.2 Å². The highest BCUT2D eigenvalue weighted by atomic mass is 32.2. The minimum Gasteiger partial charge on any atom is -0.459 e. The molecular formula is C18H23N3O5S. The van der Waals surface area contributed by atoms with Crippen LogP contribution in [0.5, 0.6) is 0 Å². The van der Waals surface area contributed by atoms with E-state index >= 15 is 0 Å². The quantitative estimate of drug-likeness (QED) is 0.747. The zero-order chi connectivity index (χ0) is 20.2. The van der Waals surface area contributed by atoms with Crippen LogP contribution in [0.3, 0.4) is 0 Å². The van der Waals surface area contributed by atoms with Crippen LogP contribution >= 0.6 is 0 Å². The molecule has 0 saturated carbocycles. The zero-order valence-electron chi connectivity index (χ0n) is 15.7. The molecule has 1 heterocycles. The SMILES string of the molecule is Cc1cc(S(=O)(=O)N(C)C)cc(NC(=O)CCNC(=O)c2ccco2)c1C. The molecule has 2 rings (SSSR count). The normalized spacial score (nSPS) is 11.4. The largest absolute Gasteiger partial charge is 0.459 e. The third-order valence-electron chi connectivity index (χ3n) is 4.08. The molecule has 0 fully saturated rings. The molecule has 0 unspecified atom stereocenters. The number of anilines is 1. The van der Waals surface area contributed by atoms with Crippen molar-refractivity contribution in [2.75, 3.05) is 26.0 Å². The Morgan fingerprint density at radius 3 is 2.48 bits per heavy atom. The molecule has 1 aromatic heterocycles. The van der Waals surface area contributed by atoms with Crippen molar-refractivity contribution < 1.29 is 22.4 Å². The highest BCUT2D eigenvalue weighted by Crippen LogP contribution is 2.25. The Balaban J connectivity index is 2.04. The molecule has 0 aliphatic rings. The lowest BCUT2D eigenvalue weighted by Gasteiger charge is -2.16. The number of benzene rings is 1. The van der Waals surface area contributed by atoms with E-state index in [-0.39, 0.29) is 29.5 Å². The first-order valence-electron chi connectivity index (χ1n) is 8.28. The van der Waals surface area contributed by atoms with E-state index in [9.17, 15) is 18.0 Å². The van der Waals surface area contributed by atoms with Crippen LogP contribution in [-0.2, 0) is 14.8 Å². The number of amides is 2. The first-order chi connectivity index (χ1) is 12.6. The standard InChI is InChI=1S/C18H23N3O5S/c1-12-10-14(27(24,25)21(3)4)11-15(13(12)2)20-17(22)7-8-19-18(23)16-6-5-9-26-16/h5-6,9-11H,7-8H2,1-4H3,(H,19,23)(H,20,22). The lowest BCUT2D eigenvalue weighted by Crippen LogP contribution is -2.27. The fraction of sp³-hybridized carbons (Fsp3) is 0.333. The second kappa shape index (κ2) is 8.36. The summed E-state index contributed by atoms with van der Waals surface area (Å²) in [7, 11) is -0.715. The van der Waals surface area contributed by atoms with Gasteiger partial charge < -0.3 is 15.1 Å². The van der Waals surface area contributed by atoms with E-state index in [1.165, 1.54) is 32.5 Å². The van der Waals surface area contributed by atoms with Crippen molar-refractivity contribution in [2.24, 2.45) is 0 Å². The number of sulfonamides is 1. The van der Waals surface area contributed by atoms with Gasteiger partial charge in [-0.1, -0.05) is 0 Å². The average Bonchev–Trinajstić information content (AvgIpc) is 3.13. The molecule has 0 bridgehead atoms. The van der Waals surface area contributed by atoms with Crippen molar-refractivity contribution in [3.05, 3.63) is 47.4 Å². The molecule has 8 nitrogen and oxygen atoms in total. The molecule has 9 heteroatoms. The number of nitrogens with one attached hydrogen (secondary N) is 2. The van der Waals surface area contributed by atoms with Crippen molar-refractivity contribution in [3.8, 4) is 0 Å². The van der Waals surface area contributed by atoms with Gasteiger partial charge >= 0.3 is 0 Å². The van der Waals surface area contributed by atoms with Gasteiger partial charge in [0.05, 0.1) is 11.2 Å². The third kappa shape index (κ3) is 4.95. The molecule has 0 aliphatic heterocycles. The molecular weight excluding hydrogens is 370 g/mol. The Morgan fingerprint density at radius 2 is 1.89 bits per heavy atom. The molecule has 0 saturated heterocycles. The van der Waals surface area contributed by atoms with Gasteiger partial charge in [-0.3, -0.25) is 9.59 Å². The summed E-state index contributed by atoms with van der Waals surface area (Å²) in [6.07, 6.45) is 1.43. The minimum atomic E-state index is -3.61. The summed E-state index contributed by atoms with van der Waals surface area (Å²) >= 11 is 0. The van der Waals surface area contributed by atoms with Crippen LogP contribution in [-0.4, -0.2) is 45.2 Å². The van der Waals surface area contributed by atoms with Crippen LogP contribution in [0.2, 0.25) is 0 Å². The van der Waals surface area contributed by atoms with E-state index in [1.807, 2.05) is 0 Å². The molecule has 2 aromatic rings. The molecule has 0 aliphatic carbocycles. The number of rotatable bonds is 7. The predicted octanol–water partition coefficient (Wildman–Crippen LogP) is 1.91. The van der Waals surface area contributed by atoms with E-state index in [2.05, 4.69) is 10.6 Å². The lowest BCUT2D eigenvalue weighted by molar-refractivity contribution is -0.116. The Kier molecular flexibility index (Phi) is 6.40. The van der Waals surface area contributed by atoms with Crippen LogP contribution in [0.1, 0.15) is 28.1 Å². The van der Waals surface area contributed by atoms with E-state index in [0.29, 0.717) is 5.69 Å². The third-order valence-corrected chi connectivity index (χ3v) is 5.87. The van der Waals surface area contributed by atoms with E-state index in [4.69, 9.17) is 4.42 Å². The number of carbonyl (C=O) groups excluding carboxylic acids is 2. The number of furan rings is 1. The number of hydrogen-bond donors (Lipinski definition) is 2. The summed E-state index contributed by atoms with van der Waals surface area (Å²) in [4.78, 5) is 24.1. The molecule has 0 spiro atoms. The summed E-state index contributed by atoms with van der Waals surface area (Å²) < 4.78 is 30.8. The number of nitrogens with zero attached hydrogens (tertiary/aromatic N) is 1. The van der Waals surface area contributed by atoms with E-state index in [1.54, 1.807) is 26.0 Å². The Bertz CT molecular complexity index is 934. The molecule has 0 radical (unpaired) electrons. The second-order valence-corrected chi connectivity index (χ2v) is 8.38. The van der Waals surface area contributed by atoms with Gasteiger partial charge in [0.15, 0.2) is 5.76 Å². The molecule has 146 valence electrons. The van der Waals surface area contributed by atoms with Crippen molar-refractivity contribution in [1.29, 1.82) is 0 Å². The zero-order valence-corrected chi connectivity index (χ0v) is 16.5. The fourth-order valence-corrected chi connectivity index (χ4v) is 3.33. The molecule has 1 aromatic carbocycles. The van der Waals surface area contributed by atoms with Crippen molar-refractivity contribution in [3.63, 3.8) is 0 Å². The summed E-state index contributed by atoms with van der Waals surface area (Å²) in [5.74, 6) is -0.570. The number of aryl methyl sites for hydroxylation is 1. The first-order valence-corrected chi connectivity index (χ1v) is 9.72. The van der Waals surface area contributed by atoms with Gasteiger partial charge in [0.25, 0.3) is 5.91 Å². The predicted molar refractivity (Wildman–Crippen MR) is 101 cm³/mol. The van der Waals surface area contributed by atoms with E-state index < -0.39 is 15.9 Å². The first kappa shape index (κ1) is 20.7. The summed E-state index contributed by atoms with van der Waals surface area (Å²) in [5.41, 5.74) is 1.96. The topological polar surface area (TPSA) is 109 Å². The van der Waals surface area contributed by atoms with Crippen molar-refractivity contribution in [1.82, 2.24) is 9.62 Å². The maximum atomic E-state index is 12.3. The van der Waals surface area contributed by atoms with Crippen molar-refractivity contribution >= 4 is 27.5 Å². The Hall–Kier alpha value is -2.65. The Morgan fingerprint density at radius 1 is 1.19 bits per heavy atom. The fourth-order valence-electron chi connectivity index (χ4n) is 2.31. The Labute approximate surface area is 158 Å². The number of carbonyl (C=O) groups is 2. The summed E-state index contributed by atoms with van der Waals surface area (Å²) in [5, 5.41) is 5.30. The molecule has 27 heavy (non-hydrogen) atoms. The van der Waals surface area contributed by atoms with Gasteiger partial charge in [-0.05, 0) is 49.2 Å². The maximum absolute atomic E-state index is 12.3.